The molecule has 3 rings (SSSR count). The van der Waals surface area contributed by atoms with E-state index in [1.54, 1.807) is 0 Å². The van der Waals surface area contributed by atoms with Gasteiger partial charge < -0.3 is 5.73 Å². The van der Waals surface area contributed by atoms with Gasteiger partial charge in [-0.1, -0.05) is 29.8 Å². The molecule has 2 saturated heterocycles. The smallest absolute Gasteiger partial charge is 0.0497 e. The topological polar surface area (TPSA) is 32.5 Å². The van der Waals surface area contributed by atoms with Gasteiger partial charge in [0.15, 0.2) is 0 Å². The maximum atomic E-state index is 6.33. The molecule has 1 aromatic carbocycles. The van der Waals surface area contributed by atoms with E-state index in [2.05, 4.69) is 47.9 Å². The SMILES string of the molecule is Cc1ccc(C(C(C)N)N2CCC(N3CCCC3)C2)cc1. The summed E-state index contributed by atoms with van der Waals surface area (Å²) in [5.74, 6) is 0. The van der Waals surface area contributed by atoms with Gasteiger partial charge in [-0.05, 0) is 51.8 Å². The van der Waals surface area contributed by atoms with E-state index in [0.717, 1.165) is 6.04 Å². The highest BCUT2D eigenvalue weighted by Gasteiger charge is 2.34. The van der Waals surface area contributed by atoms with Crippen LogP contribution in [-0.2, 0) is 0 Å². The molecular formula is C18H29N3. The van der Waals surface area contributed by atoms with E-state index in [0.29, 0.717) is 6.04 Å². The van der Waals surface area contributed by atoms with Crippen LogP contribution in [-0.4, -0.2) is 48.1 Å². The van der Waals surface area contributed by atoms with Crippen LogP contribution in [0.2, 0.25) is 0 Å². The standard InChI is InChI=1S/C18H29N3/c1-14-5-7-16(8-6-14)18(15(2)19)21-12-9-17(13-21)20-10-3-4-11-20/h5-8,15,17-18H,3-4,9-13,19H2,1-2H3. The summed E-state index contributed by atoms with van der Waals surface area (Å²) >= 11 is 0. The van der Waals surface area contributed by atoms with Crippen LogP contribution >= 0.6 is 0 Å². The third kappa shape index (κ3) is 3.31. The van der Waals surface area contributed by atoms with E-state index in [1.165, 1.54) is 56.6 Å². The molecule has 1 aromatic rings. The summed E-state index contributed by atoms with van der Waals surface area (Å²) in [7, 11) is 0. The molecular weight excluding hydrogens is 258 g/mol. The highest BCUT2D eigenvalue weighted by molar-refractivity contribution is 5.25. The van der Waals surface area contributed by atoms with Gasteiger partial charge in [-0.2, -0.15) is 0 Å². The first kappa shape index (κ1) is 15.0. The number of nitrogens with zero attached hydrogens (tertiary/aromatic N) is 2. The van der Waals surface area contributed by atoms with Crippen molar-refractivity contribution in [1.29, 1.82) is 0 Å². The molecule has 2 aliphatic rings. The largest absolute Gasteiger partial charge is 0.326 e. The van der Waals surface area contributed by atoms with Crippen LogP contribution in [0.5, 0.6) is 0 Å². The Bertz CT molecular complexity index is 448. The normalized spacial score (nSPS) is 27.1. The number of hydrogen-bond acceptors (Lipinski definition) is 3. The van der Waals surface area contributed by atoms with E-state index in [9.17, 15) is 0 Å². The van der Waals surface area contributed by atoms with Crippen molar-refractivity contribution in [2.75, 3.05) is 26.2 Å². The third-order valence-electron chi connectivity index (χ3n) is 5.16. The lowest BCUT2D eigenvalue weighted by atomic mass is 9.98. The average Bonchev–Trinajstić information content (AvgIpc) is 3.11. The molecule has 0 radical (unpaired) electrons. The molecule has 0 aliphatic carbocycles. The Morgan fingerprint density at radius 3 is 2.38 bits per heavy atom. The van der Waals surface area contributed by atoms with Crippen LogP contribution in [0.15, 0.2) is 24.3 Å². The lowest BCUT2D eigenvalue weighted by Gasteiger charge is -2.32. The van der Waals surface area contributed by atoms with E-state index in [-0.39, 0.29) is 6.04 Å². The Labute approximate surface area is 129 Å². The molecule has 116 valence electrons. The van der Waals surface area contributed by atoms with Crippen molar-refractivity contribution in [3.05, 3.63) is 35.4 Å². The first-order valence-electron chi connectivity index (χ1n) is 8.45. The van der Waals surface area contributed by atoms with Crippen molar-refractivity contribution >= 4 is 0 Å². The Morgan fingerprint density at radius 2 is 1.76 bits per heavy atom. The van der Waals surface area contributed by atoms with E-state index >= 15 is 0 Å². The van der Waals surface area contributed by atoms with Crippen molar-refractivity contribution in [2.45, 2.75) is 51.2 Å². The summed E-state index contributed by atoms with van der Waals surface area (Å²) in [5, 5.41) is 0. The Kier molecular flexibility index (Phi) is 4.63. The second-order valence-electron chi connectivity index (χ2n) is 6.90. The first-order chi connectivity index (χ1) is 10.1. The second-order valence-corrected chi connectivity index (χ2v) is 6.90. The van der Waals surface area contributed by atoms with Crippen molar-refractivity contribution in [1.82, 2.24) is 9.80 Å². The van der Waals surface area contributed by atoms with Crippen LogP contribution in [0.3, 0.4) is 0 Å². The minimum absolute atomic E-state index is 0.171. The van der Waals surface area contributed by atoms with Crippen molar-refractivity contribution in [2.24, 2.45) is 5.73 Å². The van der Waals surface area contributed by atoms with Gasteiger partial charge in [0.25, 0.3) is 0 Å². The van der Waals surface area contributed by atoms with Crippen LogP contribution in [0.4, 0.5) is 0 Å². The molecule has 2 heterocycles. The molecule has 0 amide bonds. The zero-order valence-electron chi connectivity index (χ0n) is 13.5. The third-order valence-corrected chi connectivity index (χ3v) is 5.16. The van der Waals surface area contributed by atoms with Crippen LogP contribution in [0, 0.1) is 6.92 Å². The predicted molar refractivity (Wildman–Crippen MR) is 88.4 cm³/mol. The minimum atomic E-state index is 0.171. The van der Waals surface area contributed by atoms with Crippen LogP contribution in [0.25, 0.3) is 0 Å². The maximum absolute atomic E-state index is 6.33. The molecule has 0 saturated carbocycles. The van der Waals surface area contributed by atoms with Gasteiger partial charge in [0, 0.05) is 31.2 Å². The number of hydrogen-bond donors (Lipinski definition) is 1. The highest BCUT2D eigenvalue weighted by Crippen LogP contribution is 2.30. The van der Waals surface area contributed by atoms with Gasteiger partial charge in [0.2, 0.25) is 0 Å². The molecule has 0 bridgehead atoms. The summed E-state index contributed by atoms with van der Waals surface area (Å²) in [6.45, 7) is 9.25. The summed E-state index contributed by atoms with van der Waals surface area (Å²) in [6, 6.07) is 10.2. The number of benzene rings is 1. The van der Waals surface area contributed by atoms with Gasteiger partial charge in [-0.25, -0.2) is 0 Å². The molecule has 3 nitrogen and oxygen atoms in total. The van der Waals surface area contributed by atoms with E-state index in [4.69, 9.17) is 5.73 Å². The molecule has 3 atom stereocenters. The molecule has 2 aliphatic heterocycles. The van der Waals surface area contributed by atoms with Gasteiger partial charge in [-0.15, -0.1) is 0 Å². The fraction of sp³-hybridized carbons (Fsp3) is 0.667. The van der Waals surface area contributed by atoms with E-state index < -0.39 is 0 Å². The van der Waals surface area contributed by atoms with Crippen molar-refractivity contribution in [3.8, 4) is 0 Å². The highest BCUT2D eigenvalue weighted by atomic mass is 15.3. The van der Waals surface area contributed by atoms with Gasteiger partial charge in [0.05, 0.1) is 0 Å². The molecule has 21 heavy (non-hydrogen) atoms. The summed E-state index contributed by atoms with van der Waals surface area (Å²) in [6.07, 6.45) is 4.06. The number of likely N-dealkylation sites (tertiary alicyclic amines) is 2. The molecule has 0 spiro atoms. The summed E-state index contributed by atoms with van der Waals surface area (Å²) in [5.41, 5.74) is 9.02. The number of rotatable bonds is 4. The van der Waals surface area contributed by atoms with Gasteiger partial charge in [0.1, 0.15) is 0 Å². The lowest BCUT2D eigenvalue weighted by Crippen LogP contribution is -2.41. The molecule has 3 heteroatoms. The molecule has 2 fully saturated rings. The van der Waals surface area contributed by atoms with Crippen LogP contribution < -0.4 is 5.73 Å². The Hall–Kier alpha value is -0.900. The van der Waals surface area contributed by atoms with Crippen LogP contribution in [0.1, 0.15) is 43.4 Å². The fourth-order valence-electron chi connectivity index (χ4n) is 4.04. The monoisotopic (exact) mass is 287 g/mol. The van der Waals surface area contributed by atoms with Gasteiger partial charge in [-0.3, -0.25) is 9.80 Å². The predicted octanol–water partition coefficient (Wildman–Crippen LogP) is 2.55. The number of aryl methyl sites for hydroxylation is 1. The maximum Gasteiger partial charge on any atom is 0.0497 e. The van der Waals surface area contributed by atoms with E-state index in [1.807, 2.05) is 0 Å². The van der Waals surface area contributed by atoms with Crippen molar-refractivity contribution in [3.63, 3.8) is 0 Å². The average molecular weight is 287 g/mol. The molecule has 3 unspecified atom stereocenters. The second kappa shape index (κ2) is 6.47. The first-order valence-corrected chi connectivity index (χ1v) is 8.45. The Morgan fingerprint density at radius 1 is 1.10 bits per heavy atom. The quantitative estimate of drug-likeness (QED) is 0.924. The zero-order chi connectivity index (χ0) is 14.8. The lowest BCUT2D eigenvalue weighted by molar-refractivity contribution is 0.185. The Balaban J connectivity index is 1.71. The summed E-state index contributed by atoms with van der Waals surface area (Å²) in [4.78, 5) is 5.30. The molecule has 2 N–H and O–H groups in total. The fourth-order valence-corrected chi connectivity index (χ4v) is 4.04. The summed E-state index contributed by atoms with van der Waals surface area (Å²) < 4.78 is 0. The molecule has 0 aromatic heterocycles. The van der Waals surface area contributed by atoms with Gasteiger partial charge >= 0.3 is 0 Å². The van der Waals surface area contributed by atoms with Crippen molar-refractivity contribution < 1.29 is 0 Å². The zero-order valence-corrected chi connectivity index (χ0v) is 13.5. The number of nitrogens with two attached hydrogens (primary N) is 1. The minimum Gasteiger partial charge on any atom is -0.326 e.